The Hall–Kier alpha value is -6.53. The van der Waals surface area contributed by atoms with E-state index in [1.165, 1.54) is 102 Å². The molecule has 234 valence electrons. The van der Waals surface area contributed by atoms with Gasteiger partial charge in [0.15, 0.2) is 0 Å². The highest BCUT2D eigenvalue weighted by atomic mass is 32.1. The molecule has 0 unspecified atom stereocenters. The monoisotopic (exact) mass is 661 g/mol. The molecule has 0 aliphatic heterocycles. The van der Waals surface area contributed by atoms with Gasteiger partial charge in [0.05, 0.1) is 11.6 Å². The zero-order valence-electron chi connectivity index (χ0n) is 27.4. The highest BCUT2D eigenvalue weighted by molar-refractivity contribution is 7.27. The molecule has 1 heterocycles. The average Bonchev–Trinajstić information content (AvgIpc) is 3.60. The lowest BCUT2D eigenvalue weighted by molar-refractivity contribution is 1.50. The molecule has 0 atom stereocenters. The number of fused-ring (bicyclic) bond motifs is 15. The van der Waals surface area contributed by atoms with Crippen LogP contribution in [0.3, 0.4) is 0 Å². The van der Waals surface area contributed by atoms with Crippen LogP contribution in [-0.4, -0.2) is 0 Å². The number of hydrogen-bond donors (Lipinski definition) is 0. The van der Waals surface area contributed by atoms with Crippen molar-refractivity contribution in [1.82, 2.24) is 0 Å². The summed E-state index contributed by atoms with van der Waals surface area (Å²) in [6.07, 6.45) is 0. The van der Waals surface area contributed by atoms with Crippen LogP contribution in [0.2, 0.25) is 0 Å². The first-order valence-corrected chi connectivity index (χ1v) is 18.1. The number of nitriles is 1. The summed E-state index contributed by atoms with van der Waals surface area (Å²) < 4.78 is 2.69. The van der Waals surface area contributed by atoms with Gasteiger partial charge in [-0.2, -0.15) is 5.26 Å². The smallest absolute Gasteiger partial charge is 0.0991 e. The lowest BCUT2D eigenvalue weighted by Gasteiger charge is -2.14. The third-order valence-electron chi connectivity index (χ3n) is 10.8. The summed E-state index contributed by atoms with van der Waals surface area (Å²) in [6, 6.07) is 62.1. The summed E-state index contributed by atoms with van der Waals surface area (Å²) in [5.74, 6) is 0. The van der Waals surface area contributed by atoms with Crippen LogP contribution in [0.15, 0.2) is 164 Å². The van der Waals surface area contributed by atoms with E-state index in [2.05, 4.69) is 158 Å². The summed E-state index contributed by atoms with van der Waals surface area (Å²) in [5, 5.41) is 27.1. The van der Waals surface area contributed by atoms with Crippen molar-refractivity contribution >= 4 is 96.1 Å². The van der Waals surface area contributed by atoms with Crippen molar-refractivity contribution in [3.8, 4) is 28.3 Å². The number of thiophene rings is 1. The fraction of sp³-hybridized carbons (Fsp3) is 0. The van der Waals surface area contributed by atoms with Gasteiger partial charge in [-0.1, -0.05) is 127 Å². The maximum atomic E-state index is 9.36. The number of benzene rings is 10. The Kier molecular flexibility index (Phi) is 5.96. The van der Waals surface area contributed by atoms with Crippen LogP contribution >= 0.6 is 11.3 Å². The van der Waals surface area contributed by atoms with Crippen molar-refractivity contribution in [3.63, 3.8) is 0 Å². The van der Waals surface area contributed by atoms with Crippen molar-refractivity contribution in [2.75, 3.05) is 0 Å². The van der Waals surface area contributed by atoms with E-state index in [1.54, 1.807) is 0 Å². The van der Waals surface area contributed by atoms with E-state index in [1.807, 2.05) is 23.5 Å². The molecular formula is C49H27NS. The van der Waals surface area contributed by atoms with Crippen molar-refractivity contribution in [3.05, 3.63) is 169 Å². The van der Waals surface area contributed by atoms with Crippen LogP contribution in [0.25, 0.3) is 107 Å². The predicted octanol–water partition coefficient (Wildman–Crippen LogP) is 14.2. The van der Waals surface area contributed by atoms with Crippen molar-refractivity contribution in [2.45, 2.75) is 0 Å². The molecule has 10 aromatic carbocycles. The Balaban J connectivity index is 1.10. The molecule has 0 saturated heterocycles. The molecular weight excluding hydrogens is 635 g/mol. The van der Waals surface area contributed by atoms with Crippen molar-refractivity contribution in [1.29, 1.82) is 5.26 Å². The number of rotatable bonds is 2. The Morgan fingerprint density at radius 2 is 0.941 bits per heavy atom. The van der Waals surface area contributed by atoms with Gasteiger partial charge in [-0.25, -0.2) is 0 Å². The molecule has 1 aromatic heterocycles. The van der Waals surface area contributed by atoms with Crippen LogP contribution in [0.1, 0.15) is 5.56 Å². The molecule has 0 aliphatic carbocycles. The van der Waals surface area contributed by atoms with E-state index in [-0.39, 0.29) is 0 Å². The second-order valence-electron chi connectivity index (χ2n) is 13.6. The fourth-order valence-electron chi connectivity index (χ4n) is 8.42. The molecule has 0 N–H and O–H groups in total. The normalized spacial score (nSPS) is 11.9. The second kappa shape index (κ2) is 10.7. The Labute approximate surface area is 297 Å². The second-order valence-corrected chi connectivity index (χ2v) is 14.6. The van der Waals surface area contributed by atoms with E-state index in [0.29, 0.717) is 5.56 Å². The van der Waals surface area contributed by atoms with Crippen molar-refractivity contribution < 1.29 is 0 Å². The van der Waals surface area contributed by atoms with E-state index in [9.17, 15) is 5.26 Å². The first-order chi connectivity index (χ1) is 25.2. The Morgan fingerprint density at radius 3 is 1.75 bits per heavy atom. The van der Waals surface area contributed by atoms with Crippen LogP contribution in [-0.2, 0) is 0 Å². The van der Waals surface area contributed by atoms with Crippen LogP contribution in [0.4, 0.5) is 0 Å². The van der Waals surface area contributed by atoms with E-state index < -0.39 is 0 Å². The van der Waals surface area contributed by atoms with Gasteiger partial charge in [-0.05, 0) is 118 Å². The predicted molar refractivity (Wildman–Crippen MR) is 220 cm³/mol. The van der Waals surface area contributed by atoms with Gasteiger partial charge in [-0.3, -0.25) is 0 Å². The van der Waals surface area contributed by atoms with Crippen molar-refractivity contribution in [2.24, 2.45) is 0 Å². The SMILES string of the molecule is N#Cc1ccc2c(ccc3cc(-c4cccc(-c5ccc6c(c5)c5ccccc5c5ccc7c(sc8ccc9ccccc9c87)c56)c4)ccc32)c1. The molecule has 0 radical (unpaired) electrons. The van der Waals surface area contributed by atoms with Gasteiger partial charge >= 0.3 is 0 Å². The number of hydrogen-bond acceptors (Lipinski definition) is 2. The van der Waals surface area contributed by atoms with E-state index >= 15 is 0 Å². The molecule has 0 fully saturated rings. The lowest BCUT2D eigenvalue weighted by atomic mass is 9.90. The molecule has 11 aromatic rings. The fourth-order valence-corrected chi connectivity index (χ4v) is 9.70. The van der Waals surface area contributed by atoms with Gasteiger partial charge < -0.3 is 0 Å². The highest BCUT2D eigenvalue weighted by Gasteiger charge is 2.17. The van der Waals surface area contributed by atoms with Gasteiger partial charge in [0.2, 0.25) is 0 Å². The quantitative estimate of drug-likeness (QED) is 0.169. The Morgan fingerprint density at radius 1 is 0.353 bits per heavy atom. The molecule has 2 heteroatoms. The number of nitrogens with zero attached hydrogens (tertiary/aromatic N) is 1. The minimum atomic E-state index is 0.687. The molecule has 0 amide bonds. The van der Waals surface area contributed by atoms with Crippen LogP contribution in [0.5, 0.6) is 0 Å². The van der Waals surface area contributed by atoms with Gasteiger partial charge in [0.1, 0.15) is 0 Å². The topological polar surface area (TPSA) is 23.8 Å². The molecule has 1 nitrogen and oxygen atoms in total. The third-order valence-corrected chi connectivity index (χ3v) is 12.0. The lowest BCUT2D eigenvalue weighted by Crippen LogP contribution is -1.86. The minimum Gasteiger partial charge on any atom is -0.192 e. The summed E-state index contributed by atoms with van der Waals surface area (Å²) in [6.45, 7) is 0. The molecule has 0 spiro atoms. The van der Waals surface area contributed by atoms with E-state index in [4.69, 9.17) is 0 Å². The summed E-state index contributed by atoms with van der Waals surface area (Å²) >= 11 is 1.92. The average molecular weight is 662 g/mol. The molecule has 0 saturated carbocycles. The highest BCUT2D eigenvalue weighted by Crippen LogP contribution is 2.46. The zero-order chi connectivity index (χ0) is 33.6. The standard InChI is InChI=1S/C49H27NS/c50-28-29-12-18-37-35(24-29)13-14-36-26-33(15-19-38(36)37)31-7-5-8-32(25-31)34-16-20-43-45(27-34)41-11-4-3-10-40(41)42-21-22-44-47-39-9-2-1-6-30(39)17-23-46(47)51-49(44)48(42)43/h1-27H. The van der Waals surface area contributed by atoms with Crippen LogP contribution in [0, 0.1) is 11.3 Å². The molecule has 51 heavy (non-hydrogen) atoms. The largest absolute Gasteiger partial charge is 0.192 e. The van der Waals surface area contributed by atoms with Gasteiger partial charge in [0.25, 0.3) is 0 Å². The summed E-state index contributed by atoms with van der Waals surface area (Å²) in [7, 11) is 0. The molecule has 11 rings (SSSR count). The molecule has 0 aliphatic rings. The van der Waals surface area contributed by atoms with E-state index in [0.717, 1.165) is 5.39 Å². The van der Waals surface area contributed by atoms with Gasteiger partial charge in [0, 0.05) is 25.6 Å². The summed E-state index contributed by atoms with van der Waals surface area (Å²) in [5.41, 5.74) is 5.48. The Bertz CT molecular complexity index is 3320. The summed E-state index contributed by atoms with van der Waals surface area (Å²) in [4.78, 5) is 0. The first-order valence-electron chi connectivity index (χ1n) is 17.3. The van der Waals surface area contributed by atoms with Gasteiger partial charge in [-0.15, -0.1) is 11.3 Å². The molecule has 0 bridgehead atoms. The zero-order valence-corrected chi connectivity index (χ0v) is 28.3. The minimum absolute atomic E-state index is 0.687. The third kappa shape index (κ3) is 4.20. The maximum Gasteiger partial charge on any atom is 0.0991 e. The van der Waals surface area contributed by atoms with Crippen LogP contribution < -0.4 is 0 Å². The maximum absolute atomic E-state index is 9.36. The first kappa shape index (κ1) is 28.3.